The van der Waals surface area contributed by atoms with Crippen LogP contribution in [0, 0.1) is 5.82 Å². The quantitative estimate of drug-likeness (QED) is 0.942. The van der Waals surface area contributed by atoms with Gasteiger partial charge in [0.15, 0.2) is 11.6 Å². The van der Waals surface area contributed by atoms with E-state index < -0.39 is 0 Å². The lowest BCUT2D eigenvalue weighted by Gasteiger charge is -2.17. The van der Waals surface area contributed by atoms with Crippen LogP contribution in [0.2, 0.25) is 0 Å². The zero-order valence-electron chi connectivity index (χ0n) is 12.9. The number of rotatable bonds is 4. The van der Waals surface area contributed by atoms with Crippen molar-refractivity contribution in [1.29, 1.82) is 0 Å². The van der Waals surface area contributed by atoms with E-state index in [1.54, 1.807) is 23.5 Å². The van der Waals surface area contributed by atoms with Crippen molar-refractivity contribution in [1.82, 2.24) is 10.2 Å². The van der Waals surface area contributed by atoms with Gasteiger partial charge < -0.3 is 19.4 Å². The first-order valence-electron chi connectivity index (χ1n) is 7.54. The molecule has 1 fully saturated rings. The highest BCUT2D eigenvalue weighted by molar-refractivity contribution is 5.74. The number of hydrogen-bond donors (Lipinski definition) is 1. The predicted molar refractivity (Wildman–Crippen MR) is 82.8 cm³/mol. The number of nitrogens with zero attached hydrogens (tertiary/aromatic N) is 1. The zero-order chi connectivity index (χ0) is 16.2. The van der Waals surface area contributed by atoms with E-state index in [1.807, 2.05) is 12.1 Å². The summed E-state index contributed by atoms with van der Waals surface area (Å²) in [6, 6.07) is 6.69. The van der Waals surface area contributed by atoms with Crippen LogP contribution in [-0.2, 0) is 6.54 Å². The second-order valence-electron chi connectivity index (χ2n) is 5.62. The molecule has 23 heavy (non-hydrogen) atoms. The van der Waals surface area contributed by atoms with Gasteiger partial charge in [-0.15, -0.1) is 0 Å². The third-order valence-electron chi connectivity index (χ3n) is 4.15. The van der Waals surface area contributed by atoms with Gasteiger partial charge >= 0.3 is 6.03 Å². The van der Waals surface area contributed by atoms with Crippen molar-refractivity contribution < 1.29 is 18.3 Å². The Morgan fingerprint density at radius 2 is 2.35 bits per heavy atom. The Morgan fingerprint density at radius 1 is 1.48 bits per heavy atom. The fourth-order valence-corrected chi connectivity index (χ4v) is 2.84. The number of amides is 2. The molecule has 1 saturated heterocycles. The standard InChI is InChI=1S/C17H19FN2O3/c1-22-16-3-2-13(8-15(16)18)14-4-6-20(10-14)17(21)19-9-12-5-7-23-11-12/h2-3,5,7-8,11,14H,4,6,9-10H2,1H3,(H,19,21). The van der Waals surface area contributed by atoms with Gasteiger partial charge in [-0.05, 0) is 30.2 Å². The van der Waals surface area contributed by atoms with Gasteiger partial charge in [-0.1, -0.05) is 6.07 Å². The molecule has 0 bridgehead atoms. The minimum Gasteiger partial charge on any atom is -0.494 e. The number of benzene rings is 1. The number of furan rings is 1. The van der Waals surface area contributed by atoms with E-state index in [1.165, 1.54) is 13.2 Å². The van der Waals surface area contributed by atoms with Crippen LogP contribution >= 0.6 is 0 Å². The monoisotopic (exact) mass is 318 g/mol. The summed E-state index contributed by atoms with van der Waals surface area (Å²) in [7, 11) is 1.44. The summed E-state index contributed by atoms with van der Waals surface area (Å²) in [6.07, 6.45) is 4.00. The molecule has 0 saturated carbocycles. The molecule has 2 heterocycles. The highest BCUT2D eigenvalue weighted by Crippen LogP contribution is 2.30. The second kappa shape index (κ2) is 6.73. The Bertz CT molecular complexity index is 672. The van der Waals surface area contributed by atoms with Gasteiger partial charge in [0.1, 0.15) is 0 Å². The lowest BCUT2D eigenvalue weighted by Crippen LogP contribution is -2.37. The number of halogens is 1. The molecule has 1 atom stereocenters. The highest BCUT2D eigenvalue weighted by atomic mass is 19.1. The van der Waals surface area contributed by atoms with E-state index in [2.05, 4.69) is 5.32 Å². The van der Waals surface area contributed by atoms with E-state index in [0.29, 0.717) is 19.6 Å². The first-order valence-corrected chi connectivity index (χ1v) is 7.54. The molecule has 1 aromatic carbocycles. The molecule has 6 heteroatoms. The largest absolute Gasteiger partial charge is 0.494 e. The van der Waals surface area contributed by atoms with Gasteiger partial charge in [-0.3, -0.25) is 0 Å². The lowest BCUT2D eigenvalue weighted by molar-refractivity contribution is 0.208. The van der Waals surface area contributed by atoms with E-state index in [0.717, 1.165) is 17.5 Å². The molecule has 1 aliphatic heterocycles. The van der Waals surface area contributed by atoms with Crippen molar-refractivity contribution in [3.63, 3.8) is 0 Å². The molecule has 0 spiro atoms. The first kappa shape index (κ1) is 15.4. The van der Waals surface area contributed by atoms with Crippen molar-refractivity contribution in [3.05, 3.63) is 53.7 Å². The van der Waals surface area contributed by atoms with Gasteiger partial charge in [0, 0.05) is 31.1 Å². The number of nitrogens with one attached hydrogen (secondary N) is 1. The van der Waals surface area contributed by atoms with Crippen LogP contribution in [0.15, 0.2) is 41.2 Å². The molecule has 2 aromatic rings. The van der Waals surface area contributed by atoms with Crippen molar-refractivity contribution in [2.45, 2.75) is 18.9 Å². The second-order valence-corrected chi connectivity index (χ2v) is 5.62. The maximum atomic E-state index is 13.8. The fraction of sp³-hybridized carbons (Fsp3) is 0.353. The van der Waals surface area contributed by atoms with Crippen LogP contribution in [0.4, 0.5) is 9.18 Å². The van der Waals surface area contributed by atoms with E-state index in [4.69, 9.17) is 9.15 Å². The number of carbonyl (C=O) groups is 1. The molecular weight excluding hydrogens is 299 g/mol. The Kier molecular flexibility index (Phi) is 4.50. The summed E-state index contributed by atoms with van der Waals surface area (Å²) in [5, 5.41) is 2.86. The normalized spacial score (nSPS) is 17.3. The number of likely N-dealkylation sites (tertiary alicyclic amines) is 1. The van der Waals surface area contributed by atoms with Crippen molar-refractivity contribution in [2.24, 2.45) is 0 Å². The Hall–Kier alpha value is -2.50. The fourth-order valence-electron chi connectivity index (χ4n) is 2.84. The van der Waals surface area contributed by atoms with Crippen LogP contribution in [0.25, 0.3) is 0 Å². The minimum atomic E-state index is -0.368. The molecule has 3 rings (SSSR count). The van der Waals surface area contributed by atoms with Gasteiger partial charge in [-0.2, -0.15) is 0 Å². The molecule has 2 amide bonds. The van der Waals surface area contributed by atoms with E-state index in [9.17, 15) is 9.18 Å². The number of urea groups is 1. The molecule has 1 unspecified atom stereocenters. The van der Waals surface area contributed by atoms with Gasteiger partial charge in [0.05, 0.1) is 19.6 Å². The van der Waals surface area contributed by atoms with Gasteiger partial charge in [0.2, 0.25) is 0 Å². The van der Waals surface area contributed by atoms with Crippen molar-refractivity contribution in [2.75, 3.05) is 20.2 Å². The van der Waals surface area contributed by atoms with Crippen LogP contribution in [0.5, 0.6) is 5.75 Å². The lowest BCUT2D eigenvalue weighted by atomic mass is 9.98. The van der Waals surface area contributed by atoms with E-state index in [-0.39, 0.29) is 23.5 Å². The Balaban J connectivity index is 1.57. The summed E-state index contributed by atoms with van der Waals surface area (Å²) >= 11 is 0. The van der Waals surface area contributed by atoms with Crippen molar-refractivity contribution in [3.8, 4) is 5.75 Å². The average Bonchev–Trinajstić information content (AvgIpc) is 3.24. The SMILES string of the molecule is COc1ccc(C2CCN(C(=O)NCc3ccoc3)C2)cc1F. The zero-order valence-corrected chi connectivity index (χ0v) is 12.9. The third-order valence-corrected chi connectivity index (χ3v) is 4.15. The first-order chi connectivity index (χ1) is 11.2. The minimum absolute atomic E-state index is 0.109. The van der Waals surface area contributed by atoms with Crippen LogP contribution in [-0.4, -0.2) is 31.1 Å². The summed E-state index contributed by atoms with van der Waals surface area (Å²) in [6.45, 7) is 1.69. The van der Waals surface area contributed by atoms with Crippen LogP contribution in [0.1, 0.15) is 23.5 Å². The molecule has 0 aliphatic carbocycles. The van der Waals surface area contributed by atoms with Gasteiger partial charge in [0.25, 0.3) is 0 Å². The Morgan fingerprint density at radius 3 is 3.04 bits per heavy atom. The molecule has 1 aliphatic rings. The maximum Gasteiger partial charge on any atom is 0.317 e. The smallest absolute Gasteiger partial charge is 0.317 e. The predicted octanol–water partition coefficient (Wildman–Crippen LogP) is 3.13. The molecule has 0 radical (unpaired) electrons. The summed E-state index contributed by atoms with van der Waals surface area (Å²) < 4.78 is 23.7. The van der Waals surface area contributed by atoms with Crippen LogP contribution < -0.4 is 10.1 Å². The number of methoxy groups -OCH3 is 1. The number of carbonyl (C=O) groups excluding carboxylic acids is 1. The molecule has 1 N–H and O–H groups in total. The Labute approximate surface area is 134 Å². The highest BCUT2D eigenvalue weighted by Gasteiger charge is 2.27. The molecular formula is C17H19FN2O3. The number of ether oxygens (including phenoxy) is 1. The van der Waals surface area contributed by atoms with Crippen LogP contribution in [0.3, 0.4) is 0 Å². The molecule has 122 valence electrons. The molecule has 1 aromatic heterocycles. The molecule has 5 nitrogen and oxygen atoms in total. The van der Waals surface area contributed by atoms with E-state index >= 15 is 0 Å². The summed E-state index contributed by atoms with van der Waals surface area (Å²) in [4.78, 5) is 13.9. The van der Waals surface area contributed by atoms with Gasteiger partial charge in [-0.25, -0.2) is 9.18 Å². The maximum absolute atomic E-state index is 13.8. The average molecular weight is 318 g/mol. The topological polar surface area (TPSA) is 54.7 Å². The summed E-state index contributed by atoms with van der Waals surface area (Å²) in [5.41, 5.74) is 1.82. The number of hydrogen-bond acceptors (Lipinski definition) is 3. The summed E-state index contributed by atoms with van der Waals surface area (Å²) in [5.74, 6) is 0.0180. The van der Waals surface area contributed by atoms with Crippen molar-refractivity contribution >= 4 is 6.03 Å². The third kappa shape index (κ3) is 3.47.